The van der Waals surface area contributed by atoms with E-state index in [1.807, 2.05) is 0 Å². The molecule has 0 spiro atoms. The number of hydrogen-bond acceptors (Lipinski definition) is 6. The molecule has 8 nitrogen and oxygen atoms in total. The van der Waals surface area contributed by atoms with Crippen LogP contribution in [0.2, 0.25) is 0 Å². The van der Waals surface area contributed by atoms with E-state index in [1.165, 1.54) is 12.0 Å². The number of nitrogens with zero attached hydrogens (tertiary/aromatic N) is 2. The highest BCUT2D eigenvalue weighted by atomic mass is 16.5. The number of carbonyl (C=O) groups excluding carboxylic acids is 2. The van der Waals surface area contributed by atoms with E-state index in [0.717, 1.165) is 6.42 Å². The molecule has 0 bridgehead atoms. The highest BCUT2D eigenvalue weighted by Crippen LogP contribution is 2.26. The van der Waals surface area contributed by atoms with E-state index >= 15 is 0 Å². The van der Waals surface area contributed by atoms with Gasteiger partial charge in [-0.3, -0.25) is 9.59 Å². The molecule has 0 unspecified atom stereocenters. The molecule has 2 aromatic rings. The molecular weight excluding hydrogens is 362 g/mol. The first kappa shape index (κ1) is 21.3. The summed E-state index contributed by atoms with van der Waals surface area (Å²) in [7, 11) is 3.03. The van der Waals surface area contributed by atoms with Gasteiger partial charge in [-0.2, -0.15) is 0 Å². The fraction of sp³-hybridized carbons (Fsp3) is 0.450. The minimum Gasteiger partial charge on any atom is -0.497 e. The molecule has 0 aliphatic heterocycles. The molecule has 0 aliphatic rings. The third-order valence-electron chi connectivity index (χ3n) is 4.13. The van der Waals surface area contributed by atoms with Gasteiger partial charge in [0.1, 0.15) is 23.8 Å². The number of rotatable bonds is 9. The lowest BCUT2D eigenvalue weighted by atomic mass is 10.1. The number of benzene rings is 1. The number of ether oxygens (including phenoxy) is 2. The van der Waals surface area contributed by atoms with Gasteiger partial charge in [0.05, 0.1) is 19.8 Å². The van der Waals surface area contributed by atoms with Gasteiger partial charge in [-0.05, 0) is 31.4 Å². The zero-order valence-electron chi connectivity index (χ0n) is 16.9. The molecule has 1 heterocycles. The lowest BCUT2D eigenvalue weighted by molar-refractivity contribution is -0.117. The normalized spacial score (nSPS) is 10.6. The van der Waals surface area contributed by atoms with Crippen LogP contribution in [0.3, 0.4) is 0 Å². The molecule has 8 heteroatoms. The number of aromatic nitrogens is 1. The maximum Gasteiger partial charge on any atom is 0.258 e. The molecule has 0 radical (unpaired) electrons. The number of carbonyl (C=O) groups is 2. The van der Waals surface area contributed by atoms with Crippen molar-refractivity contribution in [3.63, 3.8) is 0 Å². The van der Waals surface area contributed by atoms with Crippen molar-refractivity contribution in [2.45, 2.75) is 27.2 Å². The van der Waals surface area contributed by atoms with Crippen LogP contribution < -0.4 is 14.8 Å². The van der Waals surface area contributed by atoms with Crippen LogP contribution in [-0.2, 0) is 4.79 Å². The molecule has 1 N–H and O–H groups in total. The molecule has 0 saturated heterocycles. The summed E-state index contributed by atoms with van der Waals surface area (Å²) in [5.41, 5.74) is 0.372. The van der Waals surface area contributed by atoms with Gasteiger partial charge < -0.3 is 24.2 Å². The predicted octanol–water partition coefficient (Wildman–Crippen LogP) is 3.13. The Hall–Kier alpha value is -3.03. The highest BCUT2D eigenvalue weighted by molar-refractivity contribution is 6.00. The van der Waals surface area contributed by atoms with Gasteiger partial charge in [-0.25, -0.2) is 0 Å². The van der Waals surface area contributed by atoms with E-state index in [2.05, 4.69) is 24.3 Å². The van der Waals surface area contributed by atoms with Gasteiger partial charge in [-0.1, -0.05) is 19.0 Å². The Labute approximate surface area is 164 Å². The van der Waals surface area contributed by atoms with Crippen LogP contribution in [0.1, 0.15) is 36.4 Å². The van der Waals surface area contributed by atoms with Crippen molar-refractivity contribution in [1.29, 1.82) is 0 Å². The quantitative estimate of drug-likeness (QED) is 0.708. The molecule has 2 amide bonds. The van der Waals surface area contributed by atoms with Crippen LogP contribution in [0.4, 0.5) is 5.82 Å². The number of anilines is 1. The van der Waals surface area contributed by atoms with Crippen molar-refractivity contribution < 1.29 is 23.6 Å². The lowest BCUT2D eigenvalue weighted by Gasteiger charge is -2.24. The van der Waals surface area contributed by atoms with E-state index in [-0.39, 0.29) is 18.4 Å². The van der Waals surface area contributed by atoms with Crippen molar-refractivity contribution in [1.82, 2.24) is 10.1 Å². The second kappa shape index (κ2) is 9.77. The van der Waals surface area contributed by atoms with E-state index in [0.29, 0.717) is 41.1 Å². The second-order valence-electron chi connectivity index (χ2n) is 6.85. The maximum absolute atomic E-state index is 13.1. The standard InChI is InChI=1S/C20H27N3O5/c1-13(2)8-9-23(12-19(24)21-18-10-14(3)28-22-18)20(25)16-7-6-15(26-4)11-17(16)27-5/h6-7,10-11,13H,8-9,12H2,1-5H3,(H,21,22,24). The van der Waals surface area contributed by atoms with Gasteiger partial charge in [0.25, 0.3) is 5.91 Å². The molecule has 2 rings (SSSR count). The molecule has 0 saturated carbocycles. The summed E-state index contributed by atoms with van der Waals surface area (Å²) in [4.78, 5) is 27.1. The first-order valence-corrected chi connectivity index (χ1v) is 9.08. The largest absolute Gasteiger partial charge is 0.497 e. The molecule has 0 fully saturated rings. The third-order valence-corrected chi connectivity index (χ3v) is 4.13. The minimum atomic E-state index is -0.349. The molecule has 152 valence electrons. The van der Waals surface area contributed by atoms with Crippen LogP contribution in [0.5, 0.6) is 11.5 Å². The van der Waals surface area contributed by atoms with Crippen molar-refractivity contribution in [3.8, 4) is 11.5 Å². The summed E-state index contributed by atoms with van der Waals surface area (Å²) in [5.74, 6) is 1.64. The molecule has 0 atom stereocenters. The number of nitrogens with one attached hydrogen (secondary N) is 1. The maximum atomic E-state index is 13.1. The summed E-state index contributed by atoms with van der Waals surface area (Å²) in [6.45, 7) is 6.20. The van der Waals surface area contributed by atoms with Crippen LogP contribution >= 0.6 is 0 Å². The van der Waals surface area contributed by atoms with E-state index in [4.69, 9.17) is 14.0 Å². The van der Waals surface area contributed by atoms with Crippen molar-refractivity contribution in [2.24, 2.45) is 5.92 Å². The van der Waals surface area contributed by atoms with Crippen molar-refractivity contribution >= 4 is 17.6 Å². The monoisotopic (exact) mass is 389 g/mol. The summed E-state index contributed by atoms with van der Waals surface area (Å²) in [6.07, 6.45) is 0.764. The summed E-state index contributed by atoms with van der Waals surface area (Å²) >= 11 is 0. The Bertz CT molecular complexity index is 816. The molecule has 28 heavy (non-hydrogen) atoms. The number of aryl methyl sites for hydroxylation is 1. The lowest BCUT2D eigenvalue weighted by Crippen LogP contribution is -2.39. The van der Waals surface area contributed by atoms with Crippen LogP contribution in [0.25, 0.3) is 0 Å². The average Bonchev–Trinajstić information content (AvgIpc) is 3.08. The van der Waals surface area contributed by atoms with Crippen molar-refractivity contribution in [2.75, 3.05) is 32.6 Å². The second-order valence-corrected chi connectivity index (χ2v) is 6.85. The van der Waals surface area contributed by atoms with Gasteiger partial charge >= 0.3 is 0 Å². The Kier molecular flexibility index (Phi) is 7.43. The summed E-state index contributed by atoms with van der Waals surface area (Å²) in [5, 5.41) is 6.39. The van der Waals surface area contributed by atoms with Gasteiger partial charge in [0, 0.05) is 18.7 Å². The summed E-state index contributed by atoms with van der Waals surface area (Å²) < 4.78 is 15.5. The Morgan fingerprint density at radius 2 is 1.96 bits per heavy atom. The Morgan fingerprint density at radius 3 is 2.54 bits per heavy atom. The third kappa shape index (κ3) is 5.73. The van der Waals surface area contributed by atoms with Gasteiger partial charge in [-0.15, -0.1) is 0 Å². The van der Waals surface area contributed by atoms with E-state index < -0.39 is 0 Å². The van der Waals surface area contributed by atoms with Gasteiger partial charge in [0.15, 0.2) is 5.82 Å². The molecule has 0 aliphatic carbocycles. The zero-order chi connectivity index (χ0) is 20.7. The topological polar surface area (TPSA) is 93.9 Å². The minimum absolute atomic E-state index is 0.105. The van der Waals surface area contributed by atoms with Crippen LogP contribution in [-0.4, -0.2) is 49.2 Å². The van der Waals surface area contributed by atoms with Crippen LogP contribution in [0, 0.1) is 12.8 Å². The smallest absolute Gasteiger partial charge is 0.258 e. The molecule has 1 aromatic heterocycles. The number of hydrogen-bond donors (Lipinski definition) is 1. The average molecular weight is 389 g/mol. The first-order chi connectivity index (χ1) is 13.3. The van der Waals surface area contributed by atoms with Crippen LogP contribution in [0.15, 0.2) is 28.8 Å². The predicted molar refractivity (Wildman–Crippen MR) is 105 cm³/mol. The van der Waals surface area contributed by atoms with E-state index in [9.17, 15) is 9.59 Å². The SMILES string of the molecule is COc1ccc(C(=O)N(CCC(C)C)CC(=O)Nc2cc(C)on2)c(OC)c1. The number of methoxy groups -OCH3 is 2. The zero-order valence-corrected chi connectivity index (χ0v) is 16.9. The molecular formula is C20H27N3O5. The number of amides is 2. The van der Waals surface area contributed by atoms with Gasteiger partial charge in [0.2, 0.25) is 5.91 Å². The highest BCUT2D eigenvalue weighted by Gasteiger charge is 2.23. The van der Waals surface area contributed by atoms with Crippen molar-refractivity contribution in [3.05, 3.63) is 35.6 Å². The van der Waals surface area contributed by atoms with E-state index in [1.54, 1.807) is 38.3 Å². The first-order valence-electron chi connectivity index (χ1n) is 9.08. The fourth-order valence-electron chi connectivity index (χ4n) is 2.59. The fourth-order valence-corrected chi connectivity index (χ4v) is 2.59. The Balaban J connectivity index is 2.19. The Morgan fingerprint density at radius 1 is 1.21 bits per heavy atom. The summed E-state index contributed by atoms with van der Waals surface area (Å²) in [6, 6.07) is 6.59. The molecule has 1 aromatic carbocycles.